The van der Waals surface area contributed by atoms with Gasteiger partial charge in [-0.25, -0.2) is 0 Å². The number of hydrogen-bond donors (Lipinski definition) is 0. The summed E-state index contributed by atoms with van der Waals surface area (Å²) in [5, 5.41) is 1.63. The van der Waals surface area contributed by atoms with Crippen LogP contribution in [0.2, 0.25) is 5.02 Å². The Kier molecular flexibility index (Phi) is 0.991. The molecule has 3 aromatic heterocycles. The van der Waals surface area contributed by atoms with Crippen LogP contribution in [0.15, 0.2) is 28.8 Å². The Morgan fingerprint density at radius 1 is 1.17 bits per heavy atom. The largest absolute Gasteiger partial charge is 0.454 e. The molecule has 3 heterocycles. The summed E-state index contributed by atoms with van der Waals surface area (Å²) in [6.45, 7) is 0. The molecule has 12 heavy (non-hydrogen) atoms. The summed E-state index contributed by atoms with van der Waals surface area (Å²) in [6, 6.07) is 5.58. The van der Waals surface area contributed by atoms with Crippen LogP contribution in [0.3, 0.4) is 0 Å². The zero-order chi connectivity index (χ0) is 8.13. The molecule has 3 heteroatoms. The number of rotatable bonds is 0. The smallest absolute Gasteiger partial charge is 0.154 e. The topological polar surface area (TPSA) is 26.0 Å². The lowest BCUT2D eigenvalue weighted by Crippen LogP contribution is -1.74. The molecular weight excluding hydrogens is 174 g/mol. The van der Waals surface area contributed by atoms with Gasteiger partial charge < -0.3 is 4.42 Å². The lowest BCUT2D eigenvalue weighted by atomic mass is 10.2. The summed E-state index contributed by atoms with van der Waals surface area (Å²) in [6.07, 6.45) is 1.69. The van der Waals surface area contributed by atoms with E-state index in [0.29, 0.717) is 5.02 Å². The Bertz CT molecular complexity index is 543. The molecule has 0 N–H and O–H groups in total. The minimum absolute atomic E-state index is 0.703. The van der Waals surface area contributed by atoms with E-state index in [2.05, 4.69) is 4.98 Å². The number of hydrogen-bond acceptors (Lipinski definition) is 2. The second-order valence-electron chi connectivity index (χ2n) is 2.68. The van der Waals surface area contributed by atoms with Crippen LogP contribution in [0.25, 0.3) is 22.1 Å². The lowest BCUT2D eigenvalue weighted by molar-refractivity contribution is 0.678. The summed E-state index contributed by atoms with van der Waals surface area (Å²) in [4.78, 5) is 4.18. The van der Waals surface area contributed by atoms with E-state index in [1.807, 2.05) is 12.1 Å². The average Bonchev–Trinajstić information content (AvgIpc) is 2.64. The Morgan fingerprint density at radius 2 is 2.00 bits per heavy atom. The summed E-state index contributed by atoms with van der Waals surface area (Å²) < 4.78 is 5.40. The van der Waals surface area contributed by atoms with Crippen molar-refractivity contribution in [2.75, 3.05) is 0 Å². The second kappa shape index (κ2) is 1.90. The van der Waals surface area contributed by atoms with Gasteiger partial charge in [-0.05, 0) is 18.2 Å². The quantitative estimate of drug-likeness (QED) is 0.528. The first-order valence-corrected chi connectivity index (χ1v) is 3.99. The van der Waals surface area contributed by atoms with Crippen LogP contribution in [0.4, 0.5) is 0 Å². The molecule has 2 bridgehead atoms. The summed E-state index contributed by atoms with van der Waals surface area (Å²) >= 11 is 5.98. The predicted molar refractivity (Wildman–Crippen MR) is 47.7 cm³/mol. The van der Waals surface area contributed by atoms with Gasteiger partial charge in [-0.3, -0.25) is 4.98 Å². The first kappa shape index (κ1) is 6.26. The van der Waals surface area contributed by atoms with Gasteiger partial charge in [0.1, 0.15) is 11.1 Å². The number of fused-ring (bicyclic) bond motifs is 5. The van der Waals surface area contributed by atoms with Crippen LogP contribution < -0.4 is 0 Å². The molecule has 0 spiro atoms. The zero-order valence-electron chi connectivity index (χ0n) is 6.04. The van der Waals surface area contributed by atoms with Crippen LogP contribution in [-0.2, 0) is 0 Å². The fraction of sp³-hybridized carbons (Fsp3) is 0. The second-order valence-corrected chi connectivity index (χ2v) is 3.09. The summed E-state index contributed by atoms with van der Waals surface area (Å²) in [7, 11) is 0. The normalized spacial score (nSPS) is 11.8. The van der Waals surface area contributed by atoms with Crippen LogP contribution in [0, 0.1) is 0 Å². The standard InChI is InChI=1S/C9H4ClNO/c10-5-3-4-11-9-7-2-1-6(12-7)8(5)9/h1-4H. The molecule has 0 aliphatic rings. The third-order valence-corrected chi connectivity index (χ3v) is 2.30. The van der Waals surface area contributed by atoms with Gasteiger partial charge >= 0.3 is 0 Å². The van der Waals surface area contributed by atoms with E-state index < -0.39 is 0 Å². The van der Waals surface area contributed by atoms with Crippen LogP contribution >= 0.6 is 11.6 Å². The Labute approximate surface area is 73.1 Å². The maximum absolute atomic E-state index is 5.98. The van der Waals surface area contributed by atoms with Gasteiger partial charge in [0, 0.05) is 6.20 Å². The highest BCUT2D eigenvalue weighted by molar-refractivity contribution is 6.37. The minimum Gasteiger partial charge on any atom is -0.454 e. The van der Waals surface area contributed by atoms with Crippen LogP contribution in [0.5, 0.6) is 0 Å². The van der Waals surface area contributed by atoms with E-state index in [9.17, 15) is 0 Å². The first-order valence-electron chi connectivity index (χ1n) is 3.61. The molecule has 58 valence electrons. The lowest BCUT2D eigenvalue weighted by Gasteiger charge is -1.91. The van der Waals surface area contributed by atoms with Gasteiger partial charge in [0.05, 0.1) is 10.4 Å². The first-order chi connectivity index (χ1) is 5.86. The monoisotopic (exact) mass is 177 g/mol. The highest BCUT2D eigenvalue weighted by Crippen LogP contribution is 2.33. The molecule has 0 saturated heterocycles. The number of furan rings is 2. The molecule has 3 aromatic rings. The van der Waals surface area contributed by atoms with Crippen molar-refractivity contribution in [1.29, 1.82) is 0 Å². The molecule has 0 aliphatic heterocycles. The summed E-state index contributed by atoms with van der Waals surface area (Å²) in [5.41, 5.74) is 2.49. The van der Waals surface area contributed by atoms with Gasteiger partial charge in [-0.15, -0.1) is 0 Å². The molecule has 0 radical (unpaired) electrons. The molecule has 0 saturated carbocycles. The molecule has 0 fully saturated rings. The molecule has 0 atom stereocenters. The van der Waals surface area contributed by atoms with E-state index in [-0.39, 0.29) is 0 Å². The number of pyridine rings is 1. The molecule has 3 rings (SSSR count). The van der Waals surface area contributed by atoms with Crippen molar-refractivity contribution in [1.82, 2.24) is 4.98 Å². The molecular formula is C9H4ClNO. The van der Waals surface area contributed by atoms with E-state index in [1.165, 1.54) is 0 Å². The van der Waals surface area contributed by atoms with Crippen LogP contribution in [0.1, 0.15) is 0 Å². The fourth-order valence-corrected chi connectivity index (χ4v) is 1.70. The van der Waals surface area contributed by atoms with Crippen molar-refractivity contribution in [2.45, 2.75) is 0 Å². The number of benzene rings is 1. The van der Waals surface area contributed by atoms with Crippen molar-refractivity contribution in [3.8, 4) is 0 Å². The highest BCUT2D eigenvalue weighted by Gasteiger charge is 2.12. The molecule has 0 aliphatic carbocycles. The van der Waals surface area contributed by atoms with Crippen molar-refractivity contribution >= 4 is 33.7 Å². The predicted octanol–water partition coefficient (Wildman–Crippen LogP) is 3.07. The van der Waals surface area contributed by atoms with E-state index in [0.717, 1.165) is 22.1 Å². The fourth-order valence-electron chi connectivity index (χ4n) is 1.46. The van der Waals surface area contributed by atoms with Gasteiger partial charge in [0.15, 0.2) is 5.58 Å². The molecule has 0 amide bonds. The number of nitrogens with zero attached hydrogens (tertiary/aromatic N) is 1. The number of halogens is 1. The van der Waals surface area contributed by atoms with E-state index in [4.69, 9.17) is 16.0 Å². The maximum Gasteiger partial charge on any atom is 0.154 e. The van der Waals surface area contributed by atoms with Gasteiger partial charge in [-0.1, -0.05) is 11.6 Å². The Hall–Kier alpha value is -1.28. The molecule has 2 nitrogen and oxygen atoms in total. The molecule has 0 aromatic carbocycles. The maximum atomic E-state index is 5.98. The molecule has 0 unspecified atom stereocenters. The minimum atomic E-state index is 0.703. The van der Waals surface area contributed by atoms with Gasteiger partial charge in [-0.2, -0.15) is 0 Å². The Morgan fingerprint density at radius 3 is 2.83 bits per heavy atom. The van der Waals surface area contributed by atoms with Crippen LogP contribution in [-0.4, -0.2) is 4.98 Å². The average molecular weight is 178 g/mol. The van der Waals surface area contributed by atoms with Gasteiger partial charge in [0.25, 0.3) is 0 Å². The van der Waals surface area contributed by atoms with Crippen molar-refractivity contribution in [3.05, 3.63) is 29.4 Å². The SMILES string of the molecule is Clc1ccnc2c3ccc(o3)c12. The Balaban J connectivity index is 2.73. The number of aromatic nitrogens is 1. The van der Waals surface area contributed by atoms with Crippen molar-refractivity contribution in [3.63, 3.8) is 0 Å². The van der Waals surface area contributed by atoms with Gasteiger partial charge in [0.2, 0.25) is 0 Å². The zero-order valence-corrected chi connectivity index (χ0v) is 6.80. The highest BCUT2D eigenvalue weighted by atomic mass is 35.5. The van der Waals surface area contributed by atoms with Crippen molar-refractivity contribution < 1.29 is 4.42 Å². The van der Waals surface area contributed by atoms with E-state index >= 15 is 0 Å². The van der Waals surface area contributed by atoms with E-state index in [1.54, 1.807) is 12.3 Å². The third-order valence-electron chi connectivity index (χ3n) is 1.99. The third kappa shape index (κ3) is 0.588. The summed E-state index contributed by atoms with van der Waals surface area (Å²) in [5.74, 6) is 0. The van der Waals surface area contributed by atoms with Crippen molar-refractivity contribution in [2.24, 2.45) is 0 Å².